The number of hydrogen-bond acceptors (Lipinski definition) is 4. The lowest BCUT2D eigenvalue weighted by molar-refractivity contribution is -0.138. The Morgan fingerprint density at radius 2 is 1.68 bits per heavy atom. The van der Waals surface area contributed by atoms with Crippen molar-refractivity contribution in [3.8, 4) is 0 Å². The summed E-state index contributed by atoms with van der Waals surface area (Å²) in [6.07, 6.45) is 4.28. The van der Waals surface area contributed by atoms with Gasteiger partial charge in [0.25, 0.3) is 0 Å². The van der Waals surface area contributed by atoms with Crippen molar-refractivity contribution in [2.75, 3.05) is 13.1 Å². The number of nitrogens with zero attached hydrogens (tertiary/aromatic N) is 1. The molecule has 1 aliphatic heterocycles. The van der Waals surface area contributed by atoms with Gasteiger partial charge in [0.05, 0.1) is 0 Å². The number of likely N-dealkylation sites (tertiary alicyclic amines) is 1. The van der Waals surface area contributed by atoms with E-state index in [0.29, 0.717) is 19.0 Å². The van der Waals surface area contributed by atoms with E-state index in [9.17, 15) is 14.4 Å². The smallest absolute Gasteiger partial charge is 0.407 e. The van der Waals surface area contributed by atoms with Gasteiger partial charge in [0.15, 0.2) is 0 Å². The molecule has 1 aromatic carbocycles. The van der Waals surface area contributed by atoms with Crippen molar-refractivity contribution < 1.29 is 19.1 Å². The van der Waals surface area contributed by atoms with E-state index >= 15 is 0 Å². The van der Waals surface area contributed by atoms with Crippen molar-refractivity contribution in [3.05, 3.63) is 34.9 Å². The van der Waals surface area contributed by atoms with Crippen LogP contribution in [0.2, 0.25) is 5.02 Å². The van der Waals surface area contributed by atoms with Crippen LogP contribution in [0.1, 0.15) is 92.1 Å². The number of piperidine rings is 1. The number of alkyl carbamates (subject to hydrolysis) is 1. The van der Waals surface area contributed by atoms with Gasteiger partial charge in [-0.15, -0.1) is 0 Å². The molecule has 8 heteroatoms. The van der Waals surface area contributed by atoms with E-state index in [1.165, 1.54) is 5.56 Å². The van der Waals surface area contributed by atoms with Gasteiger partial charge in [-0.1, -0.05) is 51.4 Å². The van der Waals surface area contributed by atoms with Crippen LogP contribution in [0.4, 0.5) is 4.79 Å². The summed E-state index contributed by atoms with van der Waals surface area (Å²) in [7, 11) is 0. The van der Waals surface area contributed by atoms with Crippen LogP contribution in [-0.2, 0) is 14.3 Å². The topological polar surface area (TPSA) is 87.7 Å². The fraction of sp³-hybridized carbons (Fsp3) is 0.690. The SMILES string of the molecule is C.CC(C)[C@@H](NC(=O)CC1CCCC1NC(=O)OC(C)(C)C)C(=O)N1CCC(c2ccc(Cl)cc2)CC1. The molecule has 0 radical (unpaired) electrons. The number of rotatable bonds is 7. The molecule has 2 fully saturated rings. The van der Waals surface area contributed by atoms with E-state index in [1.807, 2.05) is 51.7 Å². The first-order chi connectivity index (χ1) is 16.9. The van der Waals surface area contributed by atoms with Crippen LogP contribution in [0.3, 0.4) is 0 Å². The van der Waals surface area contributed by atoms with Gasteiger partial charge in [-0.25, -0.2) is 4.79 Å². The van der Waals surface area contributed by atoms with Gasteiger partial charge in [0.1, 0.15) is 11.6 Å². The number of nitrogens with one attached hydrogen (secondary N) is 2. The van der Waals surface area contributed by atoms with E-state index in [2.05, 4.69) is 22.8 Å². The summed E-state index contributed by atoms with van der Waals surface area (Å²) in [5, 5.41) is 6.68. The Morgan fingerprint density at radius 1 is 1.05 bits per heavy atom. The Morgan fingerprint density at radius 3 is 2.24 bits per heavy atom. The average molecular weight is 536 g/mol. The second-order valence-corrected chi connectivity index (χ2v) is 12.0. The molecule has 37 heavy (non-hydrogen) atoms. The van der Waals surface area contributed by atoms with E-state index in [-0.39, 0.29) is 43.5 Å². The minimum absolute atomic E-state index is 0. The maximum atomic E-state index is 13.4. The number of benzene rings is 1. The molecule has 3 atom stereocenters. The highest BCUT2D eigenvalue weighted by molar-refractivity contribution is 6.30. The highest BCUT2D eigenvalue weighted by Crippen LogP contribution is 2.30. The number of carbonyl (C=O) groups is 3. The number of ether oxygens (including phenoxy) is 1. The lowest BCUT2D eigenvalue weighted by atomic mass is 9.89. The molecule has 2 N–H and O–H groups in total. The average Bonchev–Trinajstić information content (AvgIpc) is 3.22. The highest BCUT2D eigenvalue weighted by Gasteiger charge is 2.35. The zero-order valence-electron chi connectivity index (χ0n) is 22.3. The number of halogens is 1. The van der Waals surface area contributed by atoms with Gasteiger partial charge in [-0.3, -0.25) is 9.59 Å². The van der Waals surface area contributed by atoms with Gasteiger partial charge in [0.2, 0.25) is 11.8 Å². The molecule has 7 nitrogen and oxygen atoms in total. The Balaban J connectivity index is 0.00000481. The van der Waals surface area contributed by atoms with Crippen LogP contribution in [-0.4, -0.2) is 53.6 Å². The zero-order valence-corrected chi connectivity index (χ0v) is 23.1. The van der Waals surface area contributed by atoms with E-state index in [1.54, 1.807) is 0 Å². The Labute approximate surface area is 228 Å². The Hall–Kier alpha value is -2.28. The molecule has 0 bridgehead atoms. The predicted octanol–water partition coefficient (Wildman–Crippen LogP) is 5.91. The van der Waals surface area contributed by atoms with E-state index < -0.39 is 17.7 Å². The maximum Gasteiger partial charge on any atom is 0.407 e. The largest absolute Gasteiger partial charge is 0.444 e. The number of carbonyl (C=O) groups excluding carboxylic acids is 3. The zero-order chi connectivity index (χ0) is 26.5. The van der Waals surface area contributed by atoms with Crippen molar-refractivity contribution in [1.29, 1.82) is 0 Å². The van der Waals surface area contributed by atoms with Crippen molar-refractivity contribution in [2.24, 2.45) is 11.8 Å². The molecule has 1 heterocycles. The molecule has 3 rings (SSSR count). The third kappa shape index (κ3) is 9.20. The molecular weight excluding hydrogens is 490 g/mol. The first-order valence-corrected chi connectivity index (χ1v) is 13.6. The lowest BCUT2D eigenvalue weighted by Crippen LogP contribution is -2.53. The summed E-state index contributed by atoms with van der Waals surface area (Å²) in [4.78, 5) is 40.5. The van der Waals surface area contributed by atoms with Gasteiger partial charge >= 0.3 is 6.09 Å². The minimum atomic E-state index is -0.566. The van der Waals surface area contributed by atoms with Crippen molar-refractivity contribution >= 4 is 29.5 Å². The molecule has 1 saturated heterocycles. The van der Waals surface area contributed by atoms with Gasteiger partial charge < -0.3 is 20.3 Å². The first kappa shape index (κ1) is 30.9. The minimum Gasteiger partial charge on any atom is -0.444 e. The fourth-order valence-electron chi connectivity index (χ4n) is 5.28. The van der Waals surface area contributed by atoms with E-state index in [0.717, 1.165) is 37.1 Å². The number of hydrogen-bond donors (Lipinski definition) is 2. The molecule has 1 aliphatic carbocycles. The van der Waals surface area contributed by atoms with Crippen molar-refractivity contribution in [3.63, 3.8) is 0 Å². The quantitative estimate of drug-likeness (QED) is 0.454. The summed E-state index contributed by atoms with van der Waals surface area (Å²) in [5.74, 6) is 0.282. The predicted molar refractivity (Wildman–Crippen MR) is 149 cm³/mol. The molecule has 3 amide bonds. The standard InChI is InChI=1S/C28H42ClN3O4.CH4/c1-18(2)25(26(34)32-15-13-20(14-16-32)19-9-11-22(29)12-10-19)31-24(33)17-21-7-6-8-23(21)30-27(35)36-28(3,4)5;/h9-12,18,20-21,23,25H,6-8,13-17H2,1-5H3,(H,30,35)(H,31,33);1H4/t21?,23?,25-;/m1./s1. The normalized spacial score (nSPS) is 21.2. The van der Waals surface area contributed by atoms with Crippen molar-refractivity contribution in [1.82, 2.24) is 15.5 Å². The molecule has 2 unspecified atom stereocenters. The van der Waals surface area contributed by atoms with Gasteiger partial charge in [-0.2, -0.15) is 0 Å². The Kier molecular flexibility index (Phi) is 11.3. The van der Waals surface area contributed by atoms with Crippen LogP contribution < -0.4 is 10.6 Å². The summed E-state index contributed by atoms with van der Waals surface area (Å²) >= 11 is 6.02. The monoisotopic (exact) mass is 535 g/mol. The summed E-state index contributed by atoms with van der Waals surface area (Å²) in [6.45, 7) is 10.8. The summed E-state index contributed by atoms with van der Waals surface area (Å²) in [6, 6.07) is 7.31. The molecule has 2 aliphatic rings. The lowest BCUT2D eigenvalue weighted by Gasteiger charge is -2.35. The highest BCUT2D eigenvalue weighted by atomic mass is 35.5. The maximum absolute atomic E-state index is 13.4. The van der Waals surface area contributed by atoms with Crippen LogP contribution in [0, 0.1) is 11.8 Å². The Bertz CT molecular complexity index is 905. The first-order valence-electron chi connectivity index (χ1n) is 13.3. The third-order valence-corrected chi connectivity index (χ3v) is 7.46. The molecule has 1 aromatic rings. The third-order valence-electron chi connectivity index (χ3n) is 7.21. The van der Waals surface area contributed by atoms with Gasteiger partial charge in [0, 0.05) is 30.6 Å². The molecule has 0 aromatic heterocycles. The summed E-state index contributed by atoms with van der Waals surface area (Å²) < 4.78 is 5.38. The van der Waals surface area contributed by atoms with E-state index in [4.69, 9.17) is 16.3 Å². The number of amides is 3. The molecule has 208 valence electrons. The van der Waals surface area contributed by atoms with Gasteiger partial charge in [-0.05, 0) is 81.9 Å². The van der Waals surface area contributed by atoms with Crippen molar-refractivity contribution in [2.45, 2.75) is 104 Å². The van der Waals surface area contributed by atoms with Crippen LogP contribution in [0.15, 0.2) is 24.3 Å². The second-order valence-electron chi connectivity index (χ2n) is 11.6. The molecule has 0 spiro atoms. The fourth-order valence-corrected chi connectivity index (χ4v) is 5.41. The second kappa shape index (κ2) is 13.5. The molecule has 1 saturated carbocycles. The van der Waals surface area contributed by atoms with Crippen LogP contribution >= 0.6 is 11.6 Å². The van der Waals surface area contributed by atoms with Crippen LogP contribution in [0.25, 0.3) is 0 Å². The van der Waals surface area contributed by atoms with Crippen LogP contribution in [0.5, 0.6) is 0 Å². The summed E-state index contributed by atoms with van der Waals surface area (Å²) in [5.41, 5.74) is 0.690. The molecular formula is C29H46ClN3O4.